The lowest BCUT2D eigenvalue weighted by atomic mass is 10.1. The van der Waals surface area contributed by atoms with Crippen LogP contribution in [0.4, 0.5) is 5.95 Å². The third-order valence-electron chi connectivity index (χ3n) is 4.66. The lowest BCUT2D eigenvalue weighted by molar-refractivity contribution is -0.123. The Balaban J connectivity index is 1.33. The highest BCUT2D eigenvalue weighted by atomic mass is 16.5. The Bertz CT molecular complexity index is 745. The number of nitrogens with one attached hydrogen (secondary N) is 1. The zero-order valence-corrected chi connectivity index (χ0v) is 16.0. The van der Waals surface area contributed by atoms with Gasteiger partial charge in [-0.2, -0.15) is 0 Å². The standard InChI is InChI=1S/C20H27N5O2/c1-16-4-5-17(2)18(14-16)27-15-19(26)21-8-9-24-10-12-25(13-11-24)20-22-6-3-7-23-20/h3-7,14H,8-13,15H2,1-2H3,(H,21,26). The number of hydrogen-bond donors (Lipinski definition) is 1. The Morgan fingerprint density at radius 3 is 2.63 bits per heavy atom. The van der Waals surface area contributed by atoms with Crippen LogP contribution in [0.5, 0.6) is 5.75 Å². The molecule has 1 aromatic carbocycles. The fourth-order valence-corrected chi connectivity index (χ4v) is 3.04. The first-order valence-corrected chi connectivity index (χ1v) is 9.33. The van der Waals surface area contributed by atoms with Crippen molar-refractivity contribution in [3.05, 3.63) is 47.8 Å². The van der Waals surface area contributed by atoms with Gasteiger partial charge in [-0.15, -0.1) is 0 Å². The Kier molecular flexibility index (Phi) is 6.59. The highest BCUT2D eigenvalue weighted by Gasteiger charge is 2.18. The number of aromatic nitrogens is 2. The molecule has 0 bridgehead atoms. The van der Waals surface area contributed by atoms with Crippen molar-refractivity contribution in [3.63, 3.8) is 0 Å². The lowest BCUT2D eigenvalue weighted by Crippen LogP contribution is -2.49. The highest BCUT2D eigenvalue weighted by molar-refractivity contribution is 5.77. The first-order chi connectivity index (χ1) is 13.1. The number of amides is 1. The quantitative estimate of drug-likeness (QED) is 0.796. The molecule has 144 valence electrons. The van der Waals surface area contributed by atoms with Gasteiger partial charge in [-0.25, -0.2) is 9.97 Å². The van der Waals surface area contributed by atoms with E-state index >= 15 is 0 Å². The summed E-state index contributed by atoms with van der Waals surface area (Å²) in [5.41, 5.74) is 2.16. The topological polar surface area (TPSA) is 70.6 Å². The molecule has 1 aromatic heterocycles. The first-order valence-electron chi connectivity index (χ1n) is 9.33. The zero-order chi connectivity index (χ0) is 19.1. The van der Waals surface area contributed by atoms with Crippen molar-refractivity contribution in [2.45, 2.75) is 13.8 Å². The molecule has 0 spiro atoms. The summed E-state index contributed by atoms with van der Waals surface area (Å²) in [5.74, 6) is 1.46. The number of carbonyl (C=O) groups is 1. The van der Waals surface area contributed by atoms with Crippen LogP contribution in [0.15, 0.2) is 36.7 Å². The average molecular weight is 369 g/mol. The van der Waals surface area contributed by atoms with E-state index in [1.165, 1.54) is 0 Å². The first kappa shape index (κ1) is 19.1. The van der Waals surface area contributed by atoms with Gasteiger partial charge in [-0.05, 0) is 37.1 Å². The second kappa shape index (κ2) is 9.32. The molecule has 3 rings (SSSR count). The molecule has 0 radical (unpaired) electrons. The summed E-state index contributed by atoms with van der Waals surface area (Å²) >= 11 is 0. The molecular weight excluding hydrogens is 342 g/mol. The predicted octanol–water partition coefficient (Wildman–Crippen LogP) is 1.41. The fraction of sp³-hybridized carbons (Fsp3) is 0.450. The van der Waals surface area contributed by atoms with Gasteiger partial charge < -0.3 is 15.0 Å². The van der Waals surface area contributed by atoms with E-state index in [2.05, 4.69) is 25.1 Å². The summed E-state index contributed by atoms with van der Waals surface area (Å²) in [5, 5.41) is 2.93. The van der Waals surface area contributed by atoms with Crippen LogP contribution < -0.4 is 15.0 Å². The maximum atomic E-state index is 12.0. The summed E-state index contributed by atoms with van der Waals surface area (Å²) < 4.78 is 5.64. The molecule has 1 aliphatic rings. The van der Waals surface area contributed by atoms with Gasteiger partial charge in [0.1, 0.15) is 5.75 Å². The van der Waals surface area contributed by atoms with E-state index in [1.807, 2.05) is 38.1 Å². The SMILES string of the molecule is Cc1ccc(C)c(OCC(=O)NCCN2CCN(c3ncccn3)CC2)c1. The minimum absolute atomic E-state index is 0.0451. The van der Waals surface area contributed by atoms with Gasteiger partial charge in [0.25, 0.3) is 5.91 Å². The average Bonchev–Trinajstić information content (AvgIpc) is 2.70. The van der Waals surface area contributed by atoms with Crippen LogP contribution in [0.25, 0.3) is 0 Å². The Morgan fingerprint density at radius 2 is 1.89 bits per heavy atom. The second-order valence-corrected chi connectivity index (χ2v) is 6.79. The van der Waals surface area contributed by atoms with Gasteiger partial charge in [0.2, 0.25) is 5.95 Å². The number of piperazine rings is 1. The van der Waals surface area contributed by atoms with E-state index < -0.39 is 0 Å². The van der Waals surface area contributed by atoms with Gasteiger partial charge in [0, 0.05) is 51.7 Å². The molecule has 2 heterocycles. The molecule has 1 N–H and O–H groups in total. The van der Waals surface area contributed by atoms with Gasteiger partial charge in [-0.3, -0.25) is 9.69 Å². The number of benzene rings is 1. The molecule has 7 nitrogen and oxygen atoms in total. The van der Waals surface area contributed by atoms with Gasteiger partial charge in [0.15, 0.2) is 6.61 Å². The molecule has 7 heteroatoms. The number of carbonyl (C=O) groups excluding carboxylic acids is 1. The number of anilines is 1. The summed E-state index contributed by atoms with van der Waals surface area (Å²) in [7, 11) is 0. The third kappa shape index (κ3) is 5.65. The van der Waals surface area contributed by atoms with Crippen molar-refractivity contribution in [2.24, 2.45) is 0 Å². The molecule has 1 saturated heterocycles. The van der Waals surface area contributed by atoms with E-state index in [-0.39, 0.29) is 12.5 Å². The minimum Gasteiger partial charge on any atom is -0.483 e. The van der Waals surface area contributed by atoms with Crippen molar-refractivity contribution in [2.75, 3.05) is 50.8 Å². The molecule has 1 amide bonds. The number of nitrogens with zero attached hydrogens (tertiary/aromatic N) is 4. The van der Waals surface area contributed by atoms with Crippen LogP contribution in [0.2, 0.25) is 0 Å². The molecule has 0 aliphatic carbocycles. The predicted molar refractivity (Wildman–Crippen MR) is 105 cm³/mol. The summed E-state index contributed by atoms with van der Waals surface area (Å²) in [6, 6.07) is 7.82. The molecular formula is C20H27N5O2. The number of ether oxygens (including phenoxy) is 1. The van der Waals surface area contributed by atoms with Gasteiger partial charge in [-0.1, -0.05) is 12.1 Å². The summed E-state index contributed by atoms with van der Waals surface area (Å²) in [6.45, 7) is 9.16. The number of rotatable bonds is 7. The van der Waals surface area contributed by atoms with Crippen LogP contribution in [0, 0.1) is 13.8 Å². The van der Waals surface area contributed by atoms with Crippen molar-refractivity contribution in [1.29, 1.82) is 0 Å². The summed E-state index contributed by atoms with van der Waals surface area (Å²) in [6.07, 6.45) is 3.54. The highest BCUT2D eigenvalue weighted by Crippen LogP contribution is 2.18. The summed E-state index contributed by atoms with van der Waals surface area (Å²) in [4.78, 5) is 25.1. The molecule has 0 atom stereocenters. The fourth-order valence-electron chi connectivity index (χ4n) is 3.04. The van der Waals surface area contributed by atoms with Crippen LogP contribution in [0.3, 0.4) is 0 Å². The normalized spacial score (nSPS) is 14.8. The molecule has 0 unspecified atom stereocenters. The van der Waals surface area contributed by atoms with E-state index in [4.69, 9.17) is 4.74 Å². The van der Waals surface area contributed by atoms with Crippen molar-refractivity contribution in [3.8, 4) is 5.75 Å². The van der Waals surface area contributed by atoms with Crippen molar-refractivity contribution in [1.82, 2.24) is 20.2 Å². The maximum Gasteiger partial charge on any atom is 0.257 e. The smallest absolute Gasteiger partial charge is 0.257 e. The monoisotopic (exact) mass is 369 g/mol. The molecule has 0 saturated carbocycles. The van der Waals surface area contributed by atoms with Gasteiger partial charge in [0.05, 0.1) is 0 Å². The van der Waals surface area contributed by atoms with Crippen molar-refractivity contribution < 1.29 is 9.53 Å². The Hall–Kier alpha value is -2.67. The largest absolute Gasteiger partial charge is 0.483 e. The van der Waals surface area contributed by atoms with E-state index in [1.54, 1.807) is 12.4 Å². The van der Waals surface area contributed by atoms with Crippen LogP contribution in [-0.2, 0) is 4.79 Å². The molecule has 1 fully saturated rings. The third-order valence-corrected chi connectivity index (χ3v) is 4.66. The van der Waals surface area contributed by atoms with E-state index in [0.717, 1.165) is 55.5 Å². The lowest BCUT2D eigenvalue weighted by Gasteiger charge is -2.34. The van der Waals surface area contributed by atoms with Crippen LogP contribution in [0.1, 0.15) is 11.1 Å². The van der Waals surface area contributed by atoms with E-state index in [0.29, 0.717) is 6.54 Å². The minimum atomic E-state index is -0.0905. The maximum absolute atomic E-state index is 12.0. The van der Waals surface area contributed by atoms with Crippen LogP contribution >= 0.6 is 0 Å². The van der Waals surface area contributed by atoms with E-state index in [9.17, 15) is 4.79 Å². The Labute approximate surface area is 160 Å². The van der Waals surface area contributed by atoms with Crippen LogP contribution in [-0.4, -0.2) is 66.7 Å². The number of hydrogen-bond acceptors (Lipinski definition) is 6. The molecule has 2 aromatic rings. The number of aryl methyl sites for hydroxylation is 2. The zero-order valence-electron chi connectivity index (χ0n) is 16.0. The van der Waals surface area contributed by atoms with Crippen molar-refractivity contribution >= 4 is 11.9 Å². The molecule has 27 heavy (non-hydrogen) atoms. The van der Waals surface area contributed by atoms with Gasteiger partial charge >= 0.3 is 0 Å². The molecule has 1 aliphatic heterocycles. The second-order valence-electron chi connectivity index (χ2n) is 6.79. The Morgan fingerprint density at radius 1 is 1.15 bits per heavy atom.